The third kappa shape index (κ3) is 4.71. The highest BCUT2D eigenvalue weighted by atomic mass is 127. The SMILES string of the molecule is CCNC(=NCc1nc2ccccc2n1C)N1CCC(c2ccc(OC)cc2)C1.I. The van der Waals surface area contributed by atoms with Gasteiger partial charge in [0.2, 0.25) is 0 Å². The van der Waals surface area contributed by atoms with Crippen molar-refractivity contribution in [2.75, 3.05) is 26.7 Å². The maximum Gasteiger partial charge on any atom is 0.194 e. The van der Waals surface area contributed by atoms with E-state index in [2.05, 4.69) is 47.0 Å². The number of benzene rings is 2. The maximum atomic E-state index is 5.28. The molecule has 160 valence electrons. The molecular formula is C23H30IN5O. The number of aliphatic imine (C=N–C) groups is 1. The highest BCUT2D eigenvalue weighted by Crippen LogP contribution is 2.28. The van der Waals surface area contributed by atoms with E-state index in [1.54, 1.807) is 7.11 Å². The third-order valence-electron chi connectivity index (χ3n) is 5.66. The van der Waals surface area contributed by atoms with E-state index in [0.29, 0.717) is 12.5 Å². The number of nitrogens with zero attached hydrogens (tertiary/aromatic N) is 4. The van der Waals surface area contributed by atoms with Crippen molar-refractivity contribution in [2.24, 2.45) is 12.0 Å². The van der Waals surface area contributed by atoms with Gasteiger partial charge in [0.25, 0.3) is 0 Å². The number of imidazole rings is 1. The number of aromatic nitrogens is 2. The summed E-state index contributed by atoms with van der Waals surface area (Å²) in [6.07, 6.45) is 1.13. The number of ether oxygens (including phenoxy) is 1. The van der Waals surface area contributed by atoms with Crippen molar-refractivity contribution in [1.29, 1.82) is 0 Å². The van der Waals surface area contributed by atoms with Crippen LogP contribution in [0.2, 0.25) is 0 Å². The molecule has 2 aromatic carbocycles. The number of hydrogen-bond acceptors (Lipinski definition) is 3. The first-order valence-corrected chi connectivity index (χ1v) is 10.3. The van der Waals surface area contributed by atoms with Crippen molar-refractivity contribution in [3.05, 3.63) is 59.9 Å². The minimum Gasteiger partial charge on any atom is -0.497 e. The largest absolute Gasteiger partial charge is 0.497 e. The fourth-order valence-electron chi connectivity index (χ4n) is 4.01. The van der Waals surface area contributed by atoms with Crippen molar-refractivity contribution >= 4 is 41.0 Å². The molecule has 0 spiro atoms. The lowest BCUT2D eigenvalue weighted by Crippen LogP contribution is -2.40. The first-order chi connectivity index (χ1) is 14.2. The van der Waals surface area contributed by atoms with Gasteiger partial charge in [0.15, 0.2) is 5.96 Å². The number of aryl methyl sites for hydroxylation is 1. The fourth-order valence-corrected chi connectivity index (χ4v) is 4.01. The average molecular weight is 519 g/mol. The van der Waals surface area contributed by atoms with E-state index in [1.165, 1.54) is 5.56 Å². The molecule has 0 radical (unpaired) electrons. The number of rotatable bonds is 5. The fraction of sp³-hybridized carbons (Fsp3) is 0.391. The van der Waals surface area contributed by atoms with Crippen LogP contribution in [-0.4, -0.2) is 47.2 Å². The Balaban J connectivity index is 0.00000256. The van der Waals surface area contributed by atoms with Crippen LogP contribution in [0.5, 0.6) is 5.75 Å². The van der Waals surface area contributed by atoms with E-state index >= 15 is 0 Å². The smallest absolute Gasteiger partial charge is 0.194 e. The summed E-state index contributed by atoms with van der Waals surface area (Å²) < 4.78 is 7.41. The molecule has 30 heavy (non-hydrogen) atoms. The minimum absolute atomic E-state index is 0. The standard InChI is InChI=1S/C23H29N5O.HI/c1-4-24-23(25-15-22-26-20-7-5-6-8-21(20)27(22)2)28-14-13-18(16-28)17-9-11-19(29-3)12-10-17;/h5-12,18H,4,13-16H2,1-3H3,(H,24,25);1H. The molecule has 0 aliphatic carbocycles. The van der Waals surface area contributed by atoms with Gasteiger partial charge in [-0.15, -0.1) is 24.0 Å². The monoisotopic (exact) mass is 519 g/mol. The Labute approximate surface area is 195 Å². The summed E-state index contributed by atoms with van der Waals surface area (Å²) in [6, 6.07) is 16.7. The molecule has 0 amide bonds. The van der Waals surface area contributed by atoms with Gasteiger partial charge in [-0.3, -0.25) is 0 Å². The van der Waals surface area contributed by atoms with Crippen molar-refractivity contribution < 1.29 is 4.74 Å². The molecule has 1 aliphatic heterocycles. The number of guanidine groups is 1. The molecule has 1 atom stereocenters. The third-order valence-corrected chi connectivity index (χ3v) is 5.66. The Hall–Kier alpha value is -2.29. The van der Waals surface area contributed by atoms with E-state index < -0.39 is 0 Å². The van der Waals surface area contributed by atoms with Gasteiger partial charge in [-0.05, 0) is 43.2 Å². The van der Waals surface area contributed by atoms with Crippen molar-refractivity contribution in [3.63, 3.8) is 0 Å². The van der Waals surface area contributed by atoms with Gasteiger partial charge in [-0.2, -0.15) is 0 Å². The summed E-state index contributed by atoms with van der Waals surface area (Å²) in [6.45, 7) is 5.51. The second-order valence-electron chi connectivity index (χ2n) is 7.45. The number of likely N-dealkylation sites (tertiary alicyclic amines) is 1. The van der Waals surface area contributed by atoms with Crippen LogP contribution in [0, 0.1) is 0 Å². The Bertz CT molecular complexity index is 999. The van der Waals surface area contributed by atoms with Crippen LogP contribution < -0.4 is 10.1 Å². The van der Waals surface area contributed by atoms with Crippen LogP contribution in [0.3, 0.4) is 0 Å². The van der Waals surface area contributed by atoms with Gasteiger partial charge in [0.1, 0.15) is 18.1 Å². The van der Waals surface area contributed by atoms with Crippen LogP contribution in [0.15, 0.2) is 53.5 Å². The molecule has 1 saturated heterocycles. The van der Waals surface area contributed by atoms with Gasteiger partial charge in [-0.25, -0.2) is 9.98 Å². The number of methoxy groups -OCH3 is 1. The summed E-state index contributed by atoms with van der Waals surface area (Å²) in [5.41, 5.74) is 3.52. The molecule has 2 heterocycles. The molecule has 0 bridgehead atoms. The summed E-state index contributed by atoms with van der Waals surface area (Å²) >= 11 is 0. The molecule has 0 saturated carbocycles. The van der Waals surface area contributed by atoms with E-state index in [0.717, 1.165) is 54.6 Å². The zero-order valence-corrected chi connectivity index (χ0v) is 20.2. The number of fused-ring (bicyclic) bond motifs is 1. The highest BCUT2D eigenvalue weighted by Gasteiger charge is 2.26. The lowest BCUT2D eigenvalue weighted by atomic mass is 9.98. The second-order valence-corrected chi connectivity index (χ2v) is 7.45. The summed E-state index contributed by atoms with van der Waals surface area (Å²) in [4.78, 5) is 12.0. The molecule has 1 aliphatic rings. The minimum atomic E-state index is 0. The van der Waals surface area contributed by atoms with E-state index in [4.69, 9.17) is 14.7 Å². The first kappa shape index (κ1) is 22.4. The van der Waals surface area contributed by atoms with Crippen LogP contribution >= 0.6 is 24.0 Å². The molecule has 4 rings (SSSR count). The number of halogens is 1. The molecule has 7 heteroatoms. The zero-order chi connectivity index (χ0) is 20.2. The average Bonchev–Trinajstić information content (AvgIpc) is 3.37. The van der Waals surface area contributed by atoms with Crippen molar-refractivity contribution in [1.82, 2.24) is 19.8 Å². The molecule has 3 aromatic rings. The molecule has 1 N–H and O–H groups in total. The van der Waals surface area contributed by atoms with Crippen molar-refractivity contribution in [2.45, 2.75) is 25.8 Å². The van der Waals surface area contributed by atoms with Gasteiger partial charge in [0.05, 0.1) is 18.1 Å². The normalized spacial score (nSPS) is 16.6. The molecule has 1 aromatic heterocycles. The second kappa shape index (κ2) is 10.1. The number of nitrogens with one attached hydrogen (secondary N) is 1. The Morgan fingerprint density at radius 3 is 2.67 bits per heavy atom. The quantitative estimate of drug-likeness (QED) is 0.313. The van der Waals surface area contributed by atoms with Crippen LogP contribution in [-0.2, 0) is 13.6 Å². The molecule has 1 unspecified atom stereocenters. The zero-order valence-electron chi connectivity index (χ0n) is 17.8. The maximum absolute atomic E-state index is 5.28. The van der Waals surface area contributed by atoms with Crippen LogP contribution in [0.1, 0.15) is 30.7 Å². The topological polar surface area (TPSA) is 54.7 Å². The first-order valence-electron chi connectivity index (χ1n) is 10.3. The van der Waals surface area contributed by atoms with Crippen molar-refractivity contribution in [3.8, 4) is 5.75 Å². The summed E-state index contributed by atoms with van der Waals surface area (Å²) in [5.74, 6) is 3.37. The van der Waals surface area contributed by atoms with Crippen LogP contribution in [0.4, 0.5) is 0 Å². The van der Waals surface area contributed by atoms with Gasteiger partial charge < -0.3 is 19.5 Å². The van der Waals surface area contributed by atoms with E-state index in [1.807, 2.05) is 30.3 Å². The van der Waals surface area contributed by atoms with E-state index in [9.17, 15) is 0 Å². The Morgan fingerprint density at radius 2 is 1.97 bits per heavy atom. The van der Waals surface area contributed by atoms with E-state index in [-0.39, 0.29) is 24.0 Å². The Morgan fingerprint density at radius 1 is 1.20 bits per heavy atom. The van der Waals surface area contributed by atoms with Gasteiger partial charge in [0, 0.05) is 32.6 Å². The highest BCUT2D eigenvalue weighted by molar-refractivity contribution is 14.0. The predicted octanol–water partition coefficient (Wildman–Crippen LogP) is 4.15. The summed E-state index contributed by atoms with van der Waals surface area (Å²) in [7, 11) is 3.76. The Kier molecular flexibility index (Phi) is 7.58. The van der Waals surface area contributed by atoms with Gasteiger partial charge in [-0.1, -0.05) is 24.3 Å². The molecular weight excluding hydrogens is 489 g/mol. The number of para-hydroxylation sites is 2. The summed E-state index contributed by atoms with van der Waals surface area (Å²) in [5, 5.41) is 3.46. The van der Waals surface area contributed by atoms with Crippen LogP contribution in [0.25, 0.3) is 11.0 Å². The molecule has 6 nitrogen and oxygen atoms in total. The number of hydrogen-bond donors (Lipinski definition) is 1. The lowest BCUT2D eigenvalue weighted by Gasteiger charge is -2.21. The molecule has 1 fully saturated rings. The lowest BCUT2D eigenvalue weighted by molar-refractivity contribution is 0.414. The van der Waals surface area contributed by atoms with Gasteiger partial charge >= 0.3 is 0 Å². The predicted molar refractivity (Wildman–Crippen MR) is 133 cm³/mol.